The average Bonchev–Trinajstić information content (AvgIpc) is 3.78. The lowest BCUT2D eigenvalue weighted by Crippen LogP contribution is -2.24. The molecule has 0 unspecified atom stereocenters. The first-order valence-corrected chi connectivity index (χ1v) is 18.5. The van der Waals surface area contributed by atoms with Gasteiger partial charge in [0.1, 0.15) is 23.0 Å². The molecule has 56 heavy (non-hydrogen) atoms. The number of carboxylic acids is 1. The maximum Gasteiger partial charge on any atom is 0.319 e. The van der Waals surface area contributed by atoms with Gasteiger partial charge < -0.3 is 38.8 Å². The van der Waals surface area contributed by atoms with Gasteiger partial charge in [-0.15, -0.1) is 0 Å². The predicted octanol–water partition coefficient (Wildman–Crippen LogP) is 7.37. The van der Waals surface area contributed by atoms with Gasteiger partial charge in [-0.2, -0.15) is 0 Å². The second-order valence-corrected chi connectivity index (χ2v) is 12.7. The summed E-state index contributed by atoms with van der Waals surface area (Å²) in [6.07, 6.45) is 1.33. The first-order chi connectivity index (χ1) is 27.3. The van der Waals surface area contributed by atoms with E-state index in [0.29, 0.717) is 57.5 Å². The number of esters is 1. The fourth-order valence-electron chi connectivity index (χ4n) is 5.50. The van der Waals surface area contributed by atoms with Crippen LogP contribution in [0.1, 0.15) is 41.0 Å². The number of aliphatic carboxylic acids is 1. The normalized spacial score (nSPS) is 10.7. The molecular weight excluding hydrogens is 713 g/mol. The molecule has 6 aromatic rings. The molecule has 0 saturated heterocycles. The highest BCUT2D eigenvalue weighted by atomic mass is 16.5. The lowest BCUT2D eigenvalue weighted by atomic mass is 10.2. The summed E-state index contributed by atoms with van der Waals surface area (Å²) in [7, 11) is 0. The van der Waals surface area contributed by atoms with Gasteiger partial charge in [-0.3, -0.25) is 9.59 Å². The van der Waals surface area contributed by atoms with Crippen LogP contribution in [0.2, 0.25) is 0 Å². The molecule has 0 bridgehead atoms. The van der Waals surface area contributed by atoms with Gasteiger partial charge in [0, 0.05) is 37.1 Å². The third kappa shape index (κ3) is 13.3. The number of oxazole rings is 2. The van der Waals surface area contributed by atoms with Crippen molar-refractivity contribution in [3.63, 3.8) is 0 Å². The molecule has 0 fully saturated rings. The molecule has 292 valence electrons. The van der Waals surface area contributed by atoms with Crippen molar-refractivity contribution >= 4 is 11.9 Å². The van der Waals surface area contributed by atoms with Gasteiger partial charge in [0.2, 0.25) is 11.8 Å². The molecule has 6 rings (SSSR count). The number of rotatable bonds is 19. The highest BCUT2D eigenvalue weighted by Crippen LogP contribution is 2.23. The Kier molecular flexibility index (Phi) is 15.8. The minimum absolute atomic E-state index is 0.0553. The molecule has 2 heterocycles. The molecular formula is C44H48N4O8. The molecule has 2 aromatic heterocycles. The number of hydrogen-bond donors (Lipinski definition) is 3. The number of benzene rings is 4. The SMILES string of the molecule is CCOC(=O)CNCc1ccc(OCCc2nc(-c3ccccc3)oc2C)cc1.Cc1oc(-c2ccccc2)nc1CCOc1ccc(CNCC(=O)O)cc1. The highest BCUT2D eigenvalue weighted by molar-refractivity contribution is 5.71. The van der Waals surface area contributed by atoms with E-state index in [4.69, 9.17) is 28.2 Å². The minimum Gasteiger partial charge on any atom is -0.493 e. The summed E-state index contributed by atoms with van der Waals surface area (Å²) in [4.78, 5) is 31.0. The van der Waals surface area contributed by atoms with E-state index in [2.05, 4.69) is 20.6 Å². The number of ether oxygens (including phenoxy) is 3. The van der Waals surface area contributed by atoms with Crippen LogP contribution in [0, 0.1) is 13.8 Å². The number of aromatic nitrogens is 2. The van der Waals surface area contributed by atoms with Crippen molar-refractivity contribution in [2.24, 2.45) is 0 Å². The van der Waals surface area contributed by atoms with Crippen LogP contribution < -0.4 is 20.1 Å². The monoisotopic (exact) mass is 760 g/mol. The van der Waals surface area contributed by atoms with Crippen molar-refractivity contribution in [2.45, 2.75) is 46.7 Å². The number of carboxylic acid groups (broad SMARTS) is 1. The van der Waals surface area contributed by atoms with Crippen LogP contribution in [0.3, 0.4) is 0 Å². The lowest BCUT2D eigenvalue weighted by Gasteiger charge is -2.08. The van der Waals surface area contributed by atoms with E-state index in [0.717, 1.165) is 56.7 Å². The second kappa shape index (κ2) is 21.6. The third-order valence-electron chi connectivity index (χ3n) is 8.40. The Morgan fingerprint density at radius 2 is 1.05 bits per heavy atom. The van der Waals surface area contributed by atoms with Crippen molar-refractivity contribution in [3.05, 3.63) is 143 Å². The molecule has 3 N–H and O–H groups in total. The van der Waals surface area contributed by atoms with Crippen molar-refractivity contribution in [1.29, 1.82) is 0 Å². The Balaban J connectivity index is 0.000000215. The molecule has 12 heteroatoms. The molecule has 4 aromatic carbocycles. The lowest BCUT2D eigenvalue weighted by molar-refractivity contribution is -0.142. The number of nitrogens with zero attached hydrogens (tertiary/aromatic N) is 2. The molecule has 0 aliphatic carbocycles. The standard InChI is InChI=1S/C23H26N2O4.C21H22N2O4/c1-3-27-22(26)16-24-15-18-9-11-20(12-10-18)28-14-13-21-17(2)29-23(25-21)19-7-5-4-6-8-19;1-15-19(23-21(27-15)17-5-3-2-4-6-17)11-12-26-18-9-7-16(8-10-18)13-22-14-20(24)25/h4-12,24H,3,13-16H2,1-2H3;2-10,22H,11-14H2,1H3,(H,24,25). The predicted molar refractivity (Wildman–Crippen MR) is 212 cm³/mol. The van der Waals surface area contributed by atoms with Crippen LogP contribution in [0.5, 0.6) is 11.5 Å². The van der Waals surface area contributed by atoms with E-state index >= 15 is 0 Å². The number of hydrogen-bond acceptors (Lipinski definition) is 11. The fraction of sp³-hybridized carbons (Fsp3) is 0.273. The Morgan fingerprint density at radius 1 is 0.625 bits per heavy atom. The summed E-state index contributed by atoms with van der Waals surface area (Å²) in [5, 5.41) is 14.5. The van der Waals surface area contributed by atoms with E-state index in [1.165, 1.54) is 0 Å². The van der Waals surface area contributed by atoms with Crippen LogP contribution in [0.15, 0.2) is 118 Å². The van der Waals surface area contributed by atoms with Crippen molar-refractivity contribution in [2.75, 3.05) is 32.9 Å². The first-order valence-electron chi connectivity index (χ1n) is 18.5. The average molecular weight is 761 g/mol. The molecule has 12 nitrogen and oxygen atoms in total. The quantitative estimate of drug-likeness (QED) is 0.0706. The molecule has 0 radical (unpaired) electrons. The van der Waals surface area contributed by atoms with Crippen LogP contribution in [-0.2, 0) is 40.3 Å². The summed E-state index contributed by atoms with van der Waals surface area (Å²) >= 11 is 0. The van der Waals surface area contributed by atoms with Gasteiger partial charge in [0.25, 0.3) is 0 Å². The van der Waals surface area contributed by atoms with Gasteiger partial charge in [0.05, 0.1) is 44.3 Å². The Bertz CT molecular complexity index is 2080. The molecule has 0 atom stereocenters. The second-order valence-electron chi connectivity index (χ2n) is 12.7. The fourth-order valence-corrected chi connectivity index (χ4v) is 5.50. The maximum atomic E-state index is 11.3. The first kappa shape index (κ1) is 40.9. The molecule has 0 aliphatic heterocycles. The summed E-state index contributed by atoms with van der Waals surface area (Å²) in [6, 6.07) is 35.1. The number of carbonyl (C=O) groups excluding carboxylic acids is 1. The van der Waals surface area contributed by atoms with Gasteiger partial charge in [-0.25, -0.2) is 9.97 Å². The molecule has 0 amide bonds. The van der Waals surface area contributed by atoms with Gasteiger partial charge >= 0.3 is 11.9 Å². The van der Waals surface area contributed by atoms with Crippen molar-refractivity contribution < 1.29 is 37.7 Å². The summed E-state index contributed by atoms with van der Waals surface area (Å²) in [6.45, 7) is 8.29. The van der Waals surface area contributed by atoms with E-state index in [9.17, 15) is 9.59 Å². The summed E-state index contributed by atoms with van der Waals surface area (Å²) in [5.74, 6) is 3.33. The van der Waals surface area contributed by atoms with Crippen LogP contribution >= 0.6 is 0 Å². The highest BCUT2D eigenvalue weighted by Gasteiger charge is 2.13. The topological polar surface area (TPSA) is 158 Å². The van der Waals surface area contributed by atoms with E-state index in [-0.39, 0.29) is 19.1 Å². The van der Waals surface area contributed by atoms with E-state index in [1.54, 1.807) is 6.92 Å². The van der Waals surface area contributed by atoms with E-state index in [1.807, 2.05) is 123 Å². The number of aryl methyl sites for hydroxylation is 2. The smallest absolute Gasteiger partial charge is 0.319 e. The zero-order valence-electron chi connectivity index (χ0n) is 32.0. The zero-order chi connectivity index (χ0) is 39.5. The van der Waals surface area contributed by atoms with Crippen molar-refractivity contribution in [1.82, 2.24) is 20.6 Å². The molecule has 0 spiro atoms. The van der Waals surface area contributed by atoms with Gasteiger partial charge in [-0.1, -0.05) is 60.7 Å². The summed E-state index contributed by atoms with van der Waals surface area (Å²) in [5.41, 5.74) is 5.80. The Hall–Kier alpha value is -6.24. The van der Waals surface area contributed by atoms with Crippen LogP contribution in [0.25, 0.3) is 22.9 Å². The van der Waals surface area contributed by atoms with Gasteiger partial charge in [0.15, 0.2) is 0 Å². The third-order valence-corrected chi connectivity index (χ3v) is 8.40. The largest absolute Gasteiger partial charge is 0.493 e. The van der Waals surface area contributed by atoms with Gasteiger partial charge in [-0.05, 0) is 80.4 Å². The molecule has 0 aliphatic rings. The van der Waals surface area contributed by atoms with Crippen LogP contribution in [0.4, 0.5) is 0 Å². The number of nitrogens with one attached hydrogen (secondary N) is 2. The minimum atomic E-state index is -0.867. The maximum absolute atomic E-state index is 11.3. The van der Waals surface area contributed by atoms with Crippen LogP contribution in [-0.4, -0.2) is 59.9 Å². The van der Waals surface area contributed by atoms with E-state index < -0.39 is 5.97 Å². The Labute approximate surface area is 326 Å². The summed E-state index contributed by atoms with van der Waals surface area (Å²) < 4.78 is 28.0. The van der Waals surface area contributed by atoms with Crippen molar-refractivity contribution in [3.8, 4) is 34.4 Å². The number of carbonyl (C=O) groups is 2. The zero-order valence-corrected chi connectivity index (χ0v) is 32.0. The molecule has 0 saturated carbocycles. The Morgan fingerprint density at radius 3 is 1.46 bits per heavy atom.